The fraction of sp³-hybridized carbons (Fsp3) is 0.310. The number of allylic oxidation sites excluding steroid dienone is 1. The van der Waals surface area contributed by atoms with Crippen molar-refractivity contribution in [1.29, 1.82) is 0 Å². The van der Waals surface area contributed by atoms with Crippen molar-refractivity contribution < 1.29 is 13.2 Å². The van der Waals surface area contributed by atoms with Crippen LogP contribution in [0.5, 0.6) is 0 Å². The third-order valence-corrected chi connectivity index (χ3v) is 5.99. The van der Waals surface area contributed by atoms with Gasteiger partial charge in [0.2, 0.25) is 0 Å². The largest absolute Gasteiger partial charge is 0.416 e. The van der Waals surface area contributed by atoms with Crippen molar-refractivity contribution in [3.8, 4) is 0 Å². The van der Waals surface area contributed by atoms with E-state index < -0.39 is 17.8 Å². The summed E-state index contributed by atoms with van der Waals surface area (Å²) in [6.45, 7) is 11.1. The van der Waals surface area contributed by atoms with Crippen LogP contribution in [0.25, 0.3) is 5.70 Å². The first kappa shape index (κ1) is 26.2. The Balaban J connectivity index is 0.000000623. The summed E-state index contributed by atoms with van der Waals surface area (Å²) >= 11 is 0. The molecule has 0 bridgehead atoms. The minimum Gasteiger partial charge on any atom is -0.385 e. The minimum atomic E-state index is -4.43. The monoisotopic (exact) mass is 481 g/mol. The van der Waals surface area contributed by atoms with Gasteiger partial charge in [-0.1, -0.05) is 82.2 Å². The number of halogens is 3. The van der Waals surface area contributed by atoms with Crippen molar-refractivity contribution in [3.05, 3.63) is 113 Å². The summed E-state index contributed by atoms with van der Waals surface area (Å²) in [4.78, 5) is 0. The van der Waals surface area contributed by atoms with Crippen LogP contribution in [0.1, 0.15) is 61.4 Å². The first-order valence-electron chi connectivity index (χ1n) is 12.1. The Kier molecular flexibility index (Phi) is 8.85. The fourth-order valence-corrected chi connectivity index (χ4v) is 4.16. The molecule has 3 nitrogen and oxygen atoms in total. The second-order valence-electron chi connectivity index (χ2n) is 8.67. The van der Waals surface area contributed by atoms with E-state index in [-0.39, 0.29) is 5.56 Å². The van der Waals surface area contributed by atoms with E-state index in [1.807, 2.05) is 43.5 Å². The van der Waals surface area contributed by atoms with Crippen LogP contribution >= 0.6 is 0 Å². The van der Waals surface area contributed by atoms with Crippen molar-refractivity contribution in [2.75, 3.05) is 6.54 Å². The Labute approximate surface area is 206 Å². The van der Waals surface area contributed by atoms with Crippen molar-refractivity contribution >= 4 is 5.70 Å². The topological polar surface area (TPSA) is 36.1 Å². The molecular formula is C29H34F3N3. The molecule has 0 fully saturated rings. The number of rotatable bonds is 6. The molecule has 0 radical (unpaired) electrons. The van der Waals surface area contributed by atoms with Crippen molar-refractivity contribution in [2.45, 2.75) is 52.3 Å². The highest BCUT2D eigenvalue weighted by Gasteiger charge is 2.36. The first-order chi connectivity index (χ1) is 16.8. The molecule has 2 heterocycles. The fourth-order valence-electron chi connectivity index (χ4n) is 4.16. The summed E-state index contributed by atoms with van der Waals surface area (Å²) in [6, 6.07) is 12.9. The maximum Gasteiger partial charge on any atom is 0.416 e. The van der Waals surface area contributed by atoms with Gasteiger partial charge < -0.3 is 16.0 Å². The number of hydrogen-bond donors (Lipinski definition) is 3. The van der Waals surface area contributed by atoms with Crippen LogP contribution in [-0.4, -0.2) is 6.54 Å². The summed E-state index contributed by atoms with van der Waals surface area (Å²) in [5, 5.41) is 9.71. The summed E-state index contributed by atoms with van der Waals surface area (Å²) in [5.74, 6) is 0. The number of benzene rings is 2. The Morgan fingerprint density at radius 1 is 1.06 bits per heavy atom. The molecular weight excluding hydrogens is 447 g/mol. The molecule has 0 aliphatic carbocycles. The van der Waals surface area contributed by atoms with Crippen LogP contribution in [0.15, 0.2) is 90.4 Å². The SMILES string of the molecule is C=C(NC1=CC(c2ccccc2C(F)(F)F)NC2=C1C=CNC2)c1ccccc1C.CCCCC. The van der Waals surface area contributed by atoms with E-state index in [1.165, 1.54) is 31.4 Å². The zero-order chi connectivity index (χ0) is 25.4. The smallest absolute Gasteiger partial charge is 0.385 e. The van der Waals surface area contributed by atoms with E-state index in [1.54, 1.807) is 12.1 Å². The Hall–Kier alpha value is -3.41. The molecule has 0 saturated heterocycles. The normalized spacial score (nSPS) is 16.7. The second-order valence-corrected chi connectivity index (χ2v) is 8.67. The number of unbranched alkanes of at least 4 members (excludes halogenated alkanes) is 2. The third kappa shape index (κ3) is 6.59. The molecule has 1 atom stereocenters. The molecule has 3 N–H and O–H groups in total. The standard InChI is InChI=1S/C24H22F3N3.C5H12/c1-15-7-3-4-8-17(15)16(2)29-22-13-21(30-23-14-28-12-11-19(22)23)18-9-5-6-10-20(18)24(25,26)27;1-3-5-4-2/h3-13,21,28-30H,2,14H2,1H3;3-5H2,1-2H3. The lowest BCUT2D eigenvalue weighted by Crippen LogP contribution is -2.35. The third-order valence-electron chi connectivity index (χ3n) is 5.99. The minimum absolute atomic E-state index is 0.187. The average Bonchev–Trinajstić information content (AvgIpc) is 2.84. The lowest BCUT2D eigenvalue weighted by Gasteiger charge is -2.32. The molecule has 0 aromatic heterocycles. The summed E-state index contributed by atoms with van der Waals surface area (Å²) in [6.07, 6.45) is 5.18. The number of hydrogen-bond acceptors (Lipinski definition) is 3. The lowest BCUT2D eigenvalue weighted by atomic mass is 9.93. The lowest BCUT2D eigenvalue weighted by molar-refractivity contribution is -0.138. The van der Waals surface area contributed by atoms with Gasteiger partial charge in [-0.25, -0.2) is 0 Å². The van der Waals surface area contributed by atoms with Gasteiger partial charge in [0.25, 0.3) is 0 Å². The average molecular weight is 482 g/mol. The quantitative estimate of drug-likeness (QED) is 0.403. The van der Waals surface area contributed by atoms with E-state index in [4.69, 9.17) is 0 Å². The molecule has 1 unspecified atom stereocenters. The molecule has 0 amide bonds. The van der Waals surface area contributed by atoms with E-state index >= 15 is 0 Å². The van der Waals surface area contributed by atoms with Crippen LogP contribution in [0.3, 0.4) is 0 Å². The number of aryl methyl sites for hydroxylation is 1. The van der Waals surface area contributed by atoms with E-state index in [0.717, 1.165) is 34.2 Å². The predicted molar refractivity (Wildman–Crippen MR) is 138 cm³/mol. The molecule has 2 aliphatic heterocycles. The van der Waals surface area contributed by atoms with Crippen LogP contribution in [0.4, 0.5) is 13.2 Å². The molecule has 2 aromatic rings. The number of nitrogens with one attached hydrogen (secondary N) is 3. The van der Waals surface area contributed by atoms with E-state index in [2.05, 4.69) is 36.4 Å². The van der Waals surface area contributed by atoms with Gasteiger partial charge in [-0.3, -0.25) is 0 Å². The van der Waals surface area contributed by atoms with Crippen LogP contribution < -0.4 is 16.0 Å². The van der Waals surface area contributed by atoms with Crippen LogP contribution in [-0.2, 0) is 6.18 Å². The second kappa shape index (κ2) is 11.8. The molecule has 4 rings (SSSR count). The van der Waals surface area contributed by atoms with Gasteiger partial charge in [0, 0.05) is 28.2 Å². The number of dihydropyridines is 2. The van der Waals surface area contributed by atoms with Gasteiger partial charge in [-0.05, 0) is 42.5 Å². The van der Waals surface area contributed by atoms with Crippen molar-refractivity contribution in [2.24, 2.45) is 0 Å². The first-order valence-corrected chi connectivity index (χ1v) is 12.1. The van der Waals surface area contributed by atoms with Crippen LogP contribution in [0.2, 0.25) is 0 Å². The maximum atomic E-state index is 13.6. The predicted octanol–water partition coefficient (Wildman–Crippen LogP) is 7.37. The highest BCUT2D eigenvalue weighted by atomic mass is 19.4. The molecule has 186 valence electrons. The van der Waals surface area contributed by atoms with Crippen LogP contribution in [0, 0.1) is 6.92 Å². The summed E-state index contributed by atoms with van der Waals surface area (Å²) in [7, 11) is 0. The maximum absolute atomic E-state index is 13.6. The highest BCUT2D eigenvalue weighted by molar-refractivity contribution is 5.68. The molecule has 0 saturated carbocycles. The zero-order valence-electron chi connectivity index (χ0n) is 20.6. The summed E-state index contributed by atoms with van der Waals surface area (Å²) < 4.78 is 40.8. The van der Waals surface area contributed by atoms with Gasteiger partial charge in [0.05, 0.1) is 18.2 Å². The Morgan fingerprint density at radius 3 is 2.40 bits per heavy atom. The van der Waals surface area contributed by atoms with E-state index in [9.17, 15) is 13.2 Å². The van der Waals surface area contributed by atoms with Gasteiger partial charge >= 0.3 is 6.18 Å². The van der Waals surface area contributed by atoms with Gasteiger partial charge in [-0.2, -0.15) is 13.2 Å². The van der Waals surface area contributed by atoms with Gasteiger partial charge in [0.1, 0.15) is 0 Å². The number of alkyl halides is 3. The summed E-state index contributed by atoms with van der Waals surface area (Å²) in [5.41, 5.74) is 4.75. The molecule has 2 aromatic carbocycles. The van der Waals surface area contributed by atoms with Crippen molar-refractivity contribution in [1.82, 2.24) is 16.0 Å². The van der Waals surface area contributed by atoms with Crippen molar-refractivity contribution in [3.63, 3.8) is 0 Å². The zero-order valence-corrected chi connectivity index (χ0v) is 20.6. The van der Waals surface area contributed by atoms with Gasteiger partial charge in [-0.15, -0.1) is 0 Å². The Bertz CT molecular complexity index is 1120. The highest BCUT2D eigenvalue weighted by Crippen LogP contribution is 2.37. The molecule has 2 aliphatic rings. The molecule has 0 spiro atoms. The molecule has 35 heavy (non-hydrogen) atoms. The Morgan fingerprint density at radius 2 is 1.74 bits per heavy atom. The van der Waals surface area contributed by atoms with E-state index in [0.29, 0.717) is 12.2 Å². The van der Waals surface area contributed by atoms with Gasteiger partial charge in [0.15, 0.2) is 0 Å². The molecule has 6 heteroatoms.